The summed E-state index contributed by atoms with van der Waals surface area (Å²) in [5, 5.41) is 9.34. The van der Waals surface area contributed by atoms with Crippen LogP contribution in [0.5, 0.6) is 0 Å². The lowest BCUT2D eigenvalue weighted by Gasteiger charge is -2.15. The van der Waals surface area contributed by atoms with Crippen LogP contribution >= 0.6 is 11.6 Å². The van der Waals surface area contributed by atoms with Crippen LogP contribution in [0.4, 0.5) is 17.6 Å². The number of nitrogens with one attached hydrogen (secondary N) is 1. The summed E-state index contributed by atoms with van der Waals surface area (Å²) in [6.07, 6.45) is 4.76. The van der Waals surface area contributed by atoms with Crippen molar-refractivity contribution >= 4 is 28.7 Å². The molecule has 0 fully saturated rings. The molecule has 208 valence electrons. The van der Waals surface area contributed by atoms with Crippen molar-refractivity contribution < 1.29 is 17.6 Å². The van der Waals surface area contributed by atoms with Crippen molar-refractivity contribution in [2.45, 2.75) is 72.4 Å². The maximum Gasteiger partial charge on any atom is 0.416 e. The number of allylic oxidation sites excluding steroid dienone is 4. The van der Waals surface area contributed by atoms with E-state index in [0.29, 0.717) is 11.1 Å². The number of aromatic nitrogens is 1. The summed E-state index contributed by atoms with van der Waals surface area (Å²) in [4.78, 5) is 7.37. The van der Waals surface area contributed by atoms with Crippen molar-refractivity contribution in [3.63, 3.8) is 0 Å². The number of halogens is 5. The summed E-state index contributed by atoms with van der Waals surface area (Å²) >= 11 is 5.96. The van der Waals surface area contributed by atoms with Gasteiger partial charge in [0.15, 0.2) is 0 Å². The van der Waals surface area contributed by atoms with E-state index < -0.39 is 17.6 Å². The fourth-order valence-electron chi connectivity index (χ4n) is 4.04. The highest BCUT2D eigenvalue weighted by atomic mass is 35.5. The van der Waals surface area contributed by atoms with Crippen molar-refractivity contribution in [2.24, 2.45) is 4.99 Å². The van der Waals surface area contributed by atoms with Gasteiger partial charge in [-0.05, 0) is 74.6 Å². The molecule has 1 N–H and O–H groups in total. The van der Waals surface area contributed by atoms with E-state index in [1.807, 2.05) is 26.0 Å². The Balaban J connectivity index is 0.000000377. The van der Waals surface area contributed by atoms with Gasteiger partial charge in [-0.2, -0.15) is 18.4 Å². The molecule has 0 aliphatic carbocycles. The summed E-state index contributed by atoms with van der Waals surface area (Å²) in [6.45, 7) is 9.77. The van der Waals surface area contributed by atoms with Crippen LogP contribution in [0.2, 0.25) is 5.02 Å². The minimum atomic E-state index is -4.36. The molecule has 0 aliphatic heterocycles. The normalized spacial score (nSPS) is 13.4. The Morgan fingerprint density at radius 1 is 1.15 bits per heavy atom. The van der Waals surface area contributed by atoms with Crippen molar-refractivity contribution in [1.82, 2.24) is 4.98 Å². The quantitative estimate of drug-likeness (QED) is 0.166. The van der Waals surface area contributed by atoms with Gasteiger partial charge in [0.05, 0.1) is 16.7 Å². The average Bonchev–Trinajstić information content (AvgIpc) is 3.24. The van der Waals surface area contributed by atoms with Crippen LogP contribution in [-0.2, 0) is 12.6 Å². The van der Waals surface area contributed by atoms with Crippen LogP contribution in [-0.4, -0.2) is 11.2 Å². The second-order valence-corrected chi connectivity index (χ2v) is 9.67. The molecule has 0 aliphatic rings. The first-order valence-corrected chi connectivity index (χ1v) is 13.2. The number of aryl methyl sites for hydroxylation is 1. The first-order valence-electron chi connectivity index (χ1n) is 12.9. The highest BCUT2D eigenvalue weighted by Crippen LogP contribution is 2.36. The molecule has 0 saturated carbocycles. The molecule has 3 nitrogen and oxygen atoms in total. The zero-order valence-electron chi connectivity index (χ0n) is 22.9. The summed E-state index contributed by atoms with van der Waals surface area (Å²) in [6, 6.07) is 10.2. The van der Waals surface area contributed by atoms with Gasteiger partial charge in [0.25, 0.3) is 0 Å². The Hall–Kier alpha value is -3.37. The van der Waals surface area contributed by atoms with Crippen LogP contribution in [0, 0.1) is 17.1 Å². The lowest BCUT2D eigenvalue weighted by atomic mass is 9.92. The van der Waals surface area contributed by atoms with Crippen LogP contribution in [0.15, 0.2) is 64.8 Å². The zero-order chi connectivity index (χ0) is 29.2. The average molecular weight is 560 g/mol. The molecule has 1 aromatic heterocycles. The molecule has 1 atom stereocenters. The van der Waals surface area contributed by atoms with E-state index in [0.717, 1.165) is 65.7 Å². The molecule has 0 radical (unpaired) electrons. The number of aromatic amines is 1. The van der Waals surface area contributed by atoms with Gasteiger partial charge < -0.3 is 4.98 Å². The first-order chi connectivity index (χ1) is 18.4. The second kappa shape index (κ2) is 14.7. The van der Waals surface area contributed by atoms with Crippen molar-refractivity contribution in [1.29, 1.82) is 5.26 Å². The topological polar surface area (TPSA) is 51.9 Å². The lowest BCUT2D eigenvalue weighted by molar-refractivity contribution is -0.137. The van der Waals surface area contributed by atoms with Gasteiger partial charge >= 0.3 is 6.18 Å². The molecule has 0 bridgehead atoms. The molecular formula is C31H34ClF4N3. The third-order valence-electron chi connectivity index (χ3n) is 6.21. The second-order valence-electron chi connectivity index (χ2n) is 9.27. The number of hydrogen-bond donors (Lipinski definition) is 1. The van der Waals surface area contributed by atoms with E-state index in [1.54, 1.807) is 25.3 Å². The van der Waals surface area contributed by atoms with Crippen LogP contribution in [0.1, 0.15) is 82.2 Å². The molecule has 8 heteroatoms. The fourth-order valence-corrected chi connectivity index (χ4v) is 4.20. The predicted octanol–water partition coefficient (Wildman–Crippen LogP) is 10.3. The van der Waals surface area contributed by atoms with Gasteiger partial charge in [-0.1, -0.05) is 57.0 Å². The van der Waals surface area contributed by atoms with Crippen LogP contribution in [0.25, 0.3) is 10.9 Å². The third kappa shape index (κ3) is 9.11. The third-order valence-corrected chi connectivity index (χ3v) is 6.50. The summed E-state index contributed by atoms with van der Waals surface area (Å²) in [5.74, 6) is -0.658. The SMILES string of the molecule is CC/C=C(C)/N=C/C=C(\C)C#N.CCCCc1c(C(C)c2ccc(C(F)(F)F)cc2)[nH]c2cc(F)c(Cl)cc12. The van der Waals surface area contributed by atoms with E-state index in [1.165, 1.54) is 18.2 Å². The highest BCUT2D eigenvalue weighted by Gasteiger charge is 2.30. The van der Waals surface area contributed by atoms with Crippen LogP contribution in [0.3, 0.4) is 0 Å². The summed E-state index contributed by atoms with van der Waals surface area (Å²) in [5.41, 5.74) is 4.33. The molecule has 39 heavy (non-hydrogen) atoms. The highest BCUT2D eigenvalue weighted by molar-refractivity contribution is 6.31. The summed E-state index contributed by atoms with van der Waals surface area (Å²) < 4.78 is 52.3. The number of rotatable bonds is 8. The monoisotopic (exact) mass is 559 g/mol. The van der Waals surface area contributed by atoms with Crippen LogP contribution < -0.4 is 0 Å². The van der Waals surface area contributed by atoms with Gasteiger partial charge in [0, 0.05) is 40.0 Å². The van der Waals surface area contributed by atoms with Gasteiger partial charge in [-0.25, -0.2) is 4.39 Å². The molecule has 0 saturated heterocycles. The van der Waals surface area contributed by atoms with Gasteiger partial charge in [-0.15, -0.1) is 0 Å². The van der Waals surface area contributed by atoms with Crippen molar-refractivity contribution in [3.8, 4) is 6.07 Å². The molecular weight excluding hydrogens is 526 g/mol. The zero-order valence-corrected chi connectivity index (χ0v) is 23.6. The minimum Gasteiger partial charge on any atom is -0.358 e. The number of nitrogens with zero attached hydrogens (tertiary/aromatic N) is 2. The van der Waals surface area contributed by atoms with E-state index in [9.17, 15) is 17.6 Å². The van der Waals surface area contributed by atoms with E-state index >= 15 is 0 Å². The number of H-pyrrole nitrogens is 1. The lowest BCUT2D eigenvalue weighted by Crippen LogP contribution is -2.06. The van der Waals surface area contributed by atoms with Crippen molar-refractivity contribution in [2.75, 3.05) is 0 Å². The van der Waals surface area contributed by atoms with E-state index in [-0.39, 0.29) is 10.9 Å². The number of unbranched alkanes of at least 4 members (excludes halogenated alkanes) is 1. The Bertz CT molecular complexity index is 1370. The largest absolute Gasteiger partial charge is 0.416 e. The predicted molar refractivity (Wildman–Crippen MR) is 153 cm³/mol. The number of alkyl halides is 3. The maximum atomic E-state index is 13.9. The van der Waals surface area contributed by atoms with Gasteiger partial charge in [-0.3, -0.25) is 4.99 Å². The number of benzene rings is 2. The number of fused-ring (bicyclic) bond motifs is 1. The van der Waals surface area contributed by atoms with E-state index in [2.05, 4.69) is 23.8 Å². The van der Waals surface area contributed by atoms with Gasteiger partial charge in [0.1, 0.15) is 5.82 Å². The number of hydrogen-bond acceptors (Lipinski definition) is 2. The molecule has 1 heterocycles. The molecule has 1 unspecified atom stereocenters. The van der Waals surface area contributed by atoms with E-state index in [4.69, 9.17) is 16.9 Å². The standard InChI is InChI=1S/C21H20ClF4N.C10H14N2/c1-3-4-5-15-16-10-17(22)18(23)11-19(16)27-20(15)12(2)13-6-8-14(9-7-13)21(24,25)26;1-4-5-10(3)12-7-6-9(2)8-11/h6-12,27H,3-5H2,1-2H3;5-7H,4H2,1-3H3/b;9-6+,10-5+,12-7+. The Morgan fingerprint density at radius 3 is 2.38 bits per heavy atom. The molecule has 3 rings (SSSR count). The fraction of sp³-hybridized carbons (Fsp3) is 0.355. The Labute approximate surface area is 232 Å². The minimum absolute atomic E-state index is 0.0629. The Kier molecular flexibility index (Phi) is 12.0. The summed E-state index contributed by atoms with van der Waals surface area (Å²) in [7, 11) is 0. The molecule has 3 aromatic rings. The Morgan fingerprint density at radius 2 is 1.82 bits per heavy atom. The number of aliphatic imine (C=N–C) groups is 1. The smallest absolute Gasteiger partial charge is 0.358 e. The maximum absolute atomic E-state index is 13.9. The van der Waals surface area contributed by atoms with Crippen molar-refractivity contribution in [3.05, 3.63) is 93.0 Å². The number of nitriles is 1. The van der Waals surface area contributed by atoms with Gasteiger partial charge in [0.2, 0.25) is 0 Å². The first kappa shape index (κ1) is 31.8. The molecule has 0 amide bonds. The molecule has 0 spiro atoms. The molecule has 2 aromatic carbocycles.